The minimum atomic E-state index is -0.996. The average Bonchev–Trinajstić information content (AvgIpc) is 2.63. The number of anilines is 2. The number of carbonyl (C=O) groups is 3. The van der Waals surface area contributed by atoms with Crippen molar-refractivity contribution in [3.63, 3.8) is 0 Å². The highest BCUT2D eigenvalue weighted by atomic mass is 79.9. The minimum Gasteiger partial charge on any atom is -0.478 e. The van der Waals surface area contributed by atoms with Crippen LogP contribution in [0.3, 0.4) is 0 Å². The van der Waals surface area contributed by atoms with Gasteiger partial charge in [0, 0.05) is 10.2 Å². The highest BCUT2D eigenvalue weighted by Gasteiger charge is 2.30. The lowest BCUT2D eigenvalue weighted by atomic mass is 10.1. The fourth-order valence-electron chi connectivity index (χ4n) is 2.54. The molecule has 27 heavy (non-hydrogen) atoms. The maximum absolute atomic E-state index is 12.0. The standard InChI is InChI=1S/C19H17BrN2O5/c1-11-8-12(20)6-7-13(11)21-17(23)10-26-18(24)9-16-19(25)22-14-4-2-3-5-15(14)27-16/h2-8,16H,9-10H2,1H3,(H,21,23)(H,22,25). The maximum atomic E-state index is 12.0. The van der Waals surface area contributed by atoms with Gasteiger partial charge in [-0.2, -0.15) is 0 Å². The Morgan fingerprint density at radius 3 is 2.81 bits per heavy atom. The Morgan fingerprint density at radius 1 is 1.26 bits per heavy atom. The first kappa shape index (κ1) is 18.9. The molecule has 0 fully saturated rings. The lowest BCUT2D eigenvalue weighted by Gasteiger charge is -2.25. The summed E-state index contributed by atoms with van der Waals surface area (Å²) in [4.78, 5) is 35.9. The largest absolute Gasteiger partial charge is 0.478 e. The number of aryl methyl sites for hydroxylation is 1. The topological polar surface area (TPSA) is 93.7 Å². The number of benzene rings is 2. The summed E-state index contributed by atoms with van der Waals surface area (Å²) in [5.41, 5.74) is 2.05. The van der Waals surface area contributed by atoms with Crippen LogP contribution in [0.5, 0.6) is 5.75 Å². The van der Waals surface area contributed by atoms with Crippen molar-refractivity contribution >= 4 is 45.1 Å². The van der Waals surface area contributed by atoms with E-state index in [2.05, 4.69) is 26.6 Å². The number of para-hydroxylation sites is 2. The van der Waals surface area contributed by atoms with E-state index in [9.17, 15) is 14.4 Å². The van der Waals surface area contributed by atoms with E-state index >= 15 is 0 Å². The summed E-state index contributed by atoms with van der Waals surface area (Å²) in [6.07, 6.45) is -1.28. The van der Waals surface area contributed by atoms with Crippen LogP contribution in [0.25, 0.3) is 0 Å². The minimum absolute atomic E-state index is 0.287. The smallest absolute Gasteiger partial charge is 0.310 e. The van der Waals surface area contributed by atoms with Crippen molar-refractivity contribution < 1.29 is 23.9 Å². The molecule has 0 aromatic heterocycles. The third kappa shape index (κ3) is 4.85. The number of amides is 2. The van der Waals surface area contributed by atoms with Gasteiger partial charge in [0.05, 0.1) is 12.1 Å². The molecule has 2 amide bonds. The first-order valence-electron chi connectivity index (χ1n) is 8.20. The normalized spacial score (nSPS) is 15.2. The number of hydrogen-bond acceptors (Lipinski definition) is 5. The fourth-order valence-corrected chi connectivity index (χ4v) is 3.01. The summed E-state index contributed by atoms with van der Waals surface area (Å²) < 4.78 is 11.4. The molecule has 2 N–H and O–H groups in total. The fraction of sp³-hybridized carbons (Fsp3) is 0.211. The Labute approximate surface area is 164 Å². The SMILES string of the molecule is Cc1cc(Br)ccc1NC(=O)COC(=O)CC1Oc2ccccc2NC1=O. The molecule has 1 atom stereocenters. The van der Waals surface area contributed by atoms with Crippen LogP contribution in [0.15, 0.2) is 46.9 Å². The monoisotopic (exact) mass is 432 g/mol. The molecule has 1 unspecified atom stereocenters. The molecule has 8 heteroatoms. The lowest BCUT2D eigenvalue weighted by molar-refractivity contribution is -0.150. The summed E-state index contributed by atoms with van der Waals surface area (Å²) in [6.45, 7) is 1.41. The Morgan fingerprint density at radius 2 is 2.04 bits per heavy atom. The number of ether oxygens (including phenoxy) is 2. The summed E-state index contributed by atoms with van der Waals surface area (Å²) in [5.74, 6) is -1.11. The van der Waals surface area contributed by atoms with E-state index in [4.69, 9.17) is 9.47 Å². The predicted octanol–water partition coefficient (Wildman–Crippen LogP) is 3.03. The molecular weight excluding hydrogens is 416 g/mol. The molecule has 0 spiro atoms. The molecule has 1 aliphatic rings. The maximum Gasteiger partial charge on any atom is 0.310 e. The molecule has 0 saturated heterocycles. The number of fused-ring (bicyclic) bond motifs is 1. The number of esters is 1. The van der Waals surface area contributed by atoms with Gasteiger partial charge in [0.25, 0.3) is 11.8 Å². The zero-order chi connectivity index (χ0) is 19.4. The molecule has 140 valence electrons. The third-order valence-electron chi connectivity index (χ3n) is 3.89. The van der Waals surface area contributed by atoms with Crippen LogP contribution < -0.4 is 15.4 Å². The highest BCUT2D eigenvalue weighted by molar-refractivity contribution is 9.10. The zero-order valence-electron chi connectivity index (χ0n) is 14.5. The van der Waals surface area contributed by atoms with Crippen LogP contribution in [-0.2, 0) is 19.1 Å². The molecule has 7 nitrogen and oxygen atoms in total. The van der Waals surface area contributed by atoms with Gasteiger partial charge in [-0.3, -0.25) is 14.4 Å². The van der Waals surface area contributed by atoms with Crippen molar-refractivity contribution in [2.75, 3.05) is 17.2 Å². The van der Waals surface area contributed by atoms with Gasteiger partial charge in [-0.15, -0.1) is 0 Å². The van der Waals surface area contributed by atoms with E-state index in [1.165, 1.54) is 0 Å². The first-order chi connectivity index (χ1) is 12.9. The second-order valence-electron chi connectivity index (χ2n) is 5.96. The Balaban J connectivity index is 1.49. The Bertz CT molecular complexity index is 899. The molecule has 1 aliphatic heterocycles. The molecule has 0 aliphatic carbocycles. The number of rotatable bonds is 5. The first-order valence-corrected chi connectivity index (χ1v) is 9.00. The van der Waals surface area contributed by atoms with Gasteiger partial charge in [0.1, 0.15) is 5.75 Å². The van der Waals surface area contributed by atoms with E-state index in [1.807, 2.05) is 13.0 Å². The van der Waals surface area contributed by atoms with Gasteiger partial charge < -0.3 is 20.1 Å². The van der Waals surface area contributed by atoms with E-state index in [0.29, 0.717) is 17.1 Å². The van der Waals surface area contributed by atoms with Crippen molar-refractivity contribution in [2.24, 2.45) is 0 Å². The van der Waals surface area contributed by atoms with Crippen molar-refractivity contribution in [3.8, 4) is 5.75 Å². The summed E-state index contributed by atoms with van der Waals surface area (Å²) in [5, 5.41) is 5.34. The van der Waals surface area contributed by atoms with Gasteiger partial charge >= 0.3 is 5.97 Å². The average molecular weight is 433 g/mol. The zero-order valence-corrected chi connectivity index (χ0v) is 16.0. The van der Waals surface area contributed by atoms with Crippen molar-refractivity contribution in [2.45, 2.75) is 19.4 Å². The van der Waals surface area contributed by atoms with Crippen molar-refractivity contribution in [1.82, 2.24) is 0 Å². The molecule has 0 radical (unpaired) electrons. The van der Waals surface area contributed by atoms with Gasteiger partial charge in [-0.05, 0) is 42.8 Å². The molecule has 0 saturated carbocycles. The summed E-state index contributed by atoms with van der Waals surface area (Å²) in [7, 11) is 0. The molecule has 0 bridgehead atoms. The van der Waals surface area contributed by atoms with Crippen LogP contribution in [0.4, 0.5) is 11.4 Å². The number of nitrogens with one attached hydrogen (secondary N) is 2. The van der Waals surface area contributed by atoms with Gasteiger partial charge in [-0.1, -0.05) is 28.1 Å². The molecule has 2 aromatic carbocycles. The van der Waals surface area contributed by atoms with Crippen LogP contribution in [0.1, 0.15) is 12.0 Å². The van der Waals surface area contributed by atoms with Gasteiger partial charge in [0.15, 0.2) is 12.7 Å². The second-order valence-corrected chi connectivity index (χ2v) is 6.88. The quantitative estimate of drug-likeness (QED) is 0.708. The molecule has 2 aromatic rings. The third-order valence-corrected chi connectivity index (χ3v) is 4.38. The van der Waals surface area contributed by atoms with E-state index in [0.717, 1.165) is 10.0 Å². The van der Waals surface area contributed by atoms with E-state index in [1.54, 1.807) is 36.4 Å². The van der Waals surface area contributed by atoms with E-state index < -0.39 is 30.5 Å². The Hall–Kier alpha value is -2.87. The number of hydrogen-bond donors (Lipinski definition) is 2. The second kappa shape index (κ2) is 8.22. The van der Waals surface area contributed by atoms with Gasteiger partial charge in [0.2, 0.25) is 0 Å². The molecular formula is C19H17BrN2O5. The summed E-state index contributed by atoms with van der Waals surface area (Å²) in [6, 6.07) is 12.3. The highest BCUT2D eigenvalue weighted by Crippen LogP contribution is 2.29. The van der Waals surface area contributed by atoms with E-state index in [-0.39, 0.29) is 6.42 Å². The van der Waals surface area contributed by atoms with Crippen LogP contribution in [-0.4, -0.2) is 30.5 Å². The lowest BCUT2D eigenvalue weighted by Crippen LogP contribution is -2.39. The molecule has 3 rings (SSSR count). The van der Waals surface area contributed by atoms with Crippen LogP contribution >= 0.6 is 15.9 Å². The van der Waals surface area contributed by atoms with Crippen molar-refractivity contribution in [1.29, 1.82) is 0 Å². The Kier molecular flexibility index (Phi) is 5.75. The summed E-state index contributed by atoms with van der Waals surface area (Å²) >= 11 is 3.35. The van der Waals surface area contributed by atoms with Gasteiger partial charge in [-0.25, -0.2) is 0 Å². The predicted molar refractivity (Wildman–Crippen MR) is 103 cm³/mol. The van der Waals surface area contributed by atoms with Crippen LogP contribution in [0.2, 0.25) is 0 Å². The number of halogens is 1. The number of carbonyl (C=O) groups excluding carboxylic acids is 3. The van der Waals surface area contributed by atoms with Crippen LogP contribution in [0, 0.1) is 6.92 Å². The molecule has 1 heterocycles. The van der Waals surface area contributed by atoms with Crippen molar-refractivity contribution in [3.05, 3.63) is 52.5 Å².